The molecule has 1 aliphatic heterocycles. The summed E-state index contributed by atoms with van der Waals surface area (Å²) in [5, 5.41) is 4.19. The van der Waals surface area contributed by atoms with Crippen molar-refractivity contribution in [3.63, 3.8) is 0 Å². The van der Waals surface area contributed by atoms with Crippen molar-refractivity contribution in [1.82, 2.24) is 0 Å². The van der Waals surface area contributed by atoms with Crippen molar-refractivity contribution < 1.29 is 4.74 Å². The second kappa shape index (κ2) is 5.14. The van der Waals surface area contributed by atoms with Crippen LogP contribution in [0.25, 0.3) is 0 Å². The Balaban J connectivity index is 1.81. The minimum absolute atomic E-state index is 0.214. The molecule has 1 heterocycles. The van der Waals surface area contributed by atoms with Gasteiger partial charge in [-0.25, -0.2) is 0 Å². The predicted molar refractivity (Wildman–Crippen MR) is 79.1 cm³/mol. The lowest BCUT2D eigenvalue weighted by atomic mass is 10.0. The average molecular weight is 274 g/mol. The van der Waals surface area contributed by atoms with E-state index in [4.69, 9.17) is 16.3 Å². The molecule has 98 valence electrons. The van der Waals surface area contributed by atoms with Crippen LogP contribution in [0, 0.1) is 0 Å². The molecule has 2 aromatic carbocycles. The summed E-state index contributed by atoms with van der Waals surface area (Å²) in [4.78, 5) is 0. The molecule has 0 fully saturated rings. The van der Waals surface area contributed by atoms with Gasteiger partial charge in [-0.2, -0.15) is 0 Å². The number of benzene rings is 2. The van der Waals surface area contributed by atoms with Crippen molar-refractivity contribution in [2.45, 2.75) is 19.4 Å². The summed E-state index contributed by atoms with van der Waals surface area (Å²) >= 11 is 6.17. The smallest absolute Gasteiger partial charge is 0.122 e. The van der Waals surface area contributed by atoms with Gasteiger partial charge in [0.1, 0.15) is 5.75 Å². The minimum atomic E-state index is 0.214. The fourth-order valence-corrected chi connectivity index (χ4v) is 2.56. The maximum Gasteiger partial charge on any atom is 0.122 e. The first kappa shape index (κ1) is 12.4. The third-order valence-electron chi connectivity index (χ3n) is 3.46. The lowest BCUT2D eigenvalue weighted by Gasteiger charge is -2.17. The van der Waals surface area contributed by atoms with E-state index in [9.17, 15) is 0 Å². The highest BCUT2D eigenvalue weighted by Gasteiger charge is 2.14. The van der Waals surface area contributed by atoms with Crippen molar-refractivity contribution in [2.75, 3.05) is 11.9 Å². The Labute approximate surface area is 118 Å². The van der Waals surface area contributed by atoms with Crippen molar-refractivity contribution in [3.8, 4) is 5.75 Å². The number of fused-ring (bicyclic) bond motifs is 1. The quantitative estimate of drug-likeness (QED) is 0.892. The van der Waals surface area contributed by atoms with Gasteiger partial charge in [-0.3, -0.25) is 0 Å². The molecule has 1 N–H and O–H groups in total. The molecule has 0 bridgehead atoms. The van der Waals surface area contributed by atoms with Crippen molar-refractivity contribution in [3.05, 3.63) is 58.6 Å². The maximum atomic E-state index is 6.17. The number of hydrogen-bond donors (Lipinski definition) is 1. The average Bonchev–Trinajstić information content (AvgIpc) is 2.88. The second-order valence-corrected chi connectivity index (χ2v) is 5.22. The van der Waals surface area contributed by atoms with Crippen molar-refractivity contribution in [1.29, 1.82) is 0 Å². The lowest BCUT2D eigenvalue weighted by Crippen LogP contribution is -2.07. The molecule has 3 heteroatoms. The normalized spacial score (nSPS) is 14.6. The molecule has 0 aromatic heterocycles. The van der Waals surface area contributed by atoms with E-state index in [0.29, 0.717) is 0 Å². The molecule has 0 saturated heterocycles. The van der Waals surface area contributed by atoms with E-state index in [0.717, 1.165) is 29.5 Å². The summed E-state index contributed by atoms with van der Waals surface area (Å²) in [7, 11) is 0. The van der Waals surface area contributed by atoms with Gasteiger partial charge in [-0.1, -0.05) is 29.8 Å². The lowest BCUT2D eigenvalue weighted by molar-refractivity contribution is 0.357. The Hall–Kier alpha value is -1.67. The van der Waals surface area contributed by atoms with E-state index in [-0.39, 0.29) is 6.04 Å². The van der Waals surface area contributed by atoms with Crippen LogP contribution in [0.15, 0.2) is 42.5 Å². The fourth-order valence-electron chi connectivity index (χ4n) is 2.37. The van der Waals surface area contributed by atoms with Crippen LogP contribution in [0.1, 0.15) is 24.1 Å². The number of hydrogen-bond acceptors (Lipinski definition) is 2. The molecule has 0 saturated carbocycles. The molecule has 0 amide bonds. The Kier molecular flexibility index (Phi) is 3.34. The number of rotatable bonds is 3. The zero-order valence-corrected chi connectivity index (χ0v) is 11.6. The van der Waals surface area contributed by atoms with Gasteiger partial charge in [0.2, 0.25) is 0 Å². The Bertz CT molecular complexity index is 597. The number of para-hydroxylation sites is 1. The Morgan fingerprint density at radius 3 is 2.89 bits per heavy atom. The first-order valence-electron chi connectivity index (χ1n) is 6.51. The molecule has 2 nitrogen and oxygen atoms in total. The second-order valence-electron chi connectivity index (χ2n) is 4.81. The van der Waals surface area contributed by atoms with Gasteiger partial charge in [-0.15, -0.1) is 0 Å². The summed E-state index contributed by atoms with van der Waals surface area (Å²) < 4.78 is 5.53. The van der Waals surface area contributed by atoms with Crippen LogP contribution < -0.4 is 10.1 Å². The highest BCUT2D eigenvalue weighted by molar-refractivity contribution is 6.33. The van der Waals surface area contributed by atoms with Crippen LogP contribution in [0.4, 0.5) is 5.69 Å². The molecule has 0 spiro atoms. The van der Waals surface area contributed by atoms with E-state index in [2.05, 4.69) is 30.4 Å². The number of ether oxygens (including phenoxy) is 1. The van der Waals surface area contributed by atoms with Crippen LogP contribution in [0.5, 0.6) is 5.75 Å². The van der Waals surface area contributed by atoms with Gasteiger partial charge in [0.25, 0.3) is 0 Å². The Morgan fingerprint density at radius 2 is 2.05 bits per heavy atom. The fraction of sp³-hybridized carbons (Fsp3) is 0.250. The van der Waals surface area contributed by atoms with E-state index in [1.165, 1.54) is 11.1 Å². The van der Waals surface area contributed by atoms with Crippen LogP contribution in [-0.4, -0.2) is 6.61 Å². The number of halogens is 1. The molecule has 3 rings (SSSR count). The van der Waals surface area contributed by atoms with Crippen molar-refractivity contribution >= 4 is 17.3 Å². The maximum absolute atomic E-state index is 6.17. The number of nitrogens with one attached hydrogen (secondary N) is 1. The Morgan fingerprint density at radius 1 is 1.21 bits per heavy atom. The number of anilines is 1. The molecule has 19 heavy (non-hydrogen) atoms. The SMILES string of the molecule is CC(Nc1ccccc1Cl)c1ccc2c(c1)CCO2. The highest BCUT2D eigenvalue weighted by Crippen LogP contribution is 2.30. The minimum Gasteiger partial charge on any atom is -0.493 e. The van der Waals surface area contributed by atoms with E-state index in [1.54, 1.807) is 0 Å². The van der Waals surface area contributed by atoms with E-state index < -0.39 is 0 Å². The molecular weight excluding hydrogens is 258 g/mol. The molecule has 2 aromatic rings. The molecule has 1 unspecified atom stereocenters. The summed E-state index contributed by atoms with van der Waals surface area (Å²) in [6, 6.07) is 14.4. The summed E-state index contributed by atoms with van der Waals surface area (Å²) in [6.45, 7) is 2.94. The van der Waals surface area contributed by atoms with Crippen molar-refractivity contribution in [2.24, 2.45) is 0 Å². The largest absolute Gasteiger partial charge is 0.493 e. The zero-order chi connectivity index (χ0) is 13.2. The third-order valence-corrected chi connectivity index (χ3v) is 3.79. The summed E-state index contributed by atoms with van der Waals surface area (Å²) in [5.74, 6) is 1.02. The van der Waals surface area contributed by atoms with Crippen LogP contribution in [-0.2, 0) is 6.42 Å². The molecular formula is C16H16ClNO. The van der Waals surface area contributed by atoms with Gasteiger partial charge in [0, 0.05) is 12.5 Å². The van der Waals surface area contributed by atoms with E-state index >= 15 is 0 Å². The van der Waals surface area contributed by atoms with Gasteiger partial charge in [0.05, 0.1) is 17.3 Å². The monoisotopic (exact) mass is 273 g/mol. The standard InChI is InChI=1S/C16H16ClNO/c1-11(18-15-5-3-2-4-14(15)17)12-6-7-16-13(10-12)8-9-19-16/h2-7,10-11,18H,8-9H2,1H3. The zero-order valence-electron chi connectivity index (χ0n) is 10.8. The molecule has 0 aliphatic carbocycles. The van der Waals surface area contributed by atoms with Crippen LogP contribution in [0.3, 0.4) is 0 Å². The summed E-state index contributed by atoms with van der Waals surface area (Å²) in [6.07, 6.45) is 1.00. The van der Waals surface area contributed by atoms with Gasteiger partial charge < -0.3 is 10.1 Å². The topological polar surface area (TPSA) is 21.3 Å². The third kappa shape index (κ3) is 2.54. The highest BCUT2D eigenvalue weighted by atomic mass is 35.5. The van der Waals surface area contributed by atoms with E-state index in [1.807, 2.05) is 24.3 Å². The molecule has 1 aliphatic rings. The van der Waals surface area contributed by atoms with Gasteiger partial charge in [-0.05, 0) is 42.3 Å². The van der Waals surface area contributed by atoms with Crippen LogP contribution in [0.2, 0.25) is 5.02 Å². The first-order valence-corrected chi connectivity index (χ1v) is 6.88. The van der Waals surface area contributed by atoms with Gasteiger partial charge in [0.15, 0.2) is 0 Å². The van der Waals surface area contributed by atoms with Crippen LogP contribution >= 0.6 is 11.6 Å². The summed E-state index contributed by atoms with van der Waals surface area (Å²) in [5.41, 5.74) is 3.52. The molecule has 0 radical (unpaired) electrons. The molecule has 1 atom stereocenters. The van der Waals surface area contributed by atoms with Gasteiger partial charge >= 0.3 is 0 Å². The predicted octanol–water partition coefficient (Wildman–Crippen LogP) is 4.45. The first-order chi connectivity index (χ1) is 9.24.